The smallest absolute Gasteiger partial charge is 0.146 e. The van der Waals surface area contributed by atoms with E-state index in [0.29, 0.717) is 6.04 Å². The van der Waals surface area contributed by atoms with Crippen LogP contribution in [-0.2, 0) is 13.6 Å². The number of nitrogens with one attached hydrogen (secondary N) is 1. The van der Waals surface area contributed by atoms with Gasteiger partial charge in [0.25, 0.3) is 0 Å². The molecule has 0 aliphatic carbocycles. The summed E-state index contributed by atoms with van der Waals surface area (Å²) in [4.78, 5) is 2.52. The van der Waals surface area contributed by atoms with E-state index in [9.17, 15) is 0 Å². The van der Waals surface area contributed by atoms with Gasteiger partial charge in [-0.1, -0.05) is 6.92 Å². The van der Waals surface area contributed by atoms with Crippen LogP contribution >= 0.6 is 0 Å². The maximum atomic E-state index is 4.25. The predicted octanol–water partition coefficient (Wildman–Crippen LogP) is 0.697. The molecule has 0 atom stereocenters. The van der Waals surface area contributed by atoms with Gasteiger partial charge in [0, 0.05) is 13.1 Å². The van der Waals surface area contributed by atoms with Gasteiger partial charge in [0.1, 0.15) is 11.6 Å². The van der Waals surface area contributed by atoms with Gasteiger partial charge < -0.3 is 9.88 Å². The lowest BCUT2D eigenvalue weighted by molar-refractivity contribution is 0.157. The average Bonchev–Trinajstić information content (AvgIpc) is 2.68. The first-order valence-electron chi connectivity index (χ1n) is 6.52. The van der Waals surface area contributed by atoms with Gasteiger partial charge in [-0.15, -0.1) is 10.2 Å². The molecule has 0 radical (unpaired) electrons. The molecule has 5 heteroatoms. The third-order valence-corrected chi connectivity index (χ3v) is 3.76. The first-order chi connectivity index (χ1) is 8.22. The first kappa shape index (κ1) is 12.5. The van der Waals surface area contributed by atoms with E-state index in [1.54, 1.807) is 0 Å². The minimum Gasteiger partial charge on any atom is -0.317 e. The number of hydrogen-bond donors (Lipinski definition) is 1. The zero-order valence-corrected chi connectivity index (χ0v) is 11.1. The lowest BCUT2D eigenvalue weighted by atomic mass is 10.0. The Balaban J connectivity index is 2.01. The summed E-state index contributed by atoms with van der Waals surface area (Å²) in [5, 5.41) is 11.8. The van der Waals surface area contributed by atoms with Crippen molar-refractivity contribution in [2.45, 2.75) is 39.3 Å². The van der Waals surface area contributed by atoms with Crippen molar-refractivity contribution in [3.8, 4) is 0 Å². The molecule has 2 rings (SSSR count). The Kier molecular flexibility index (Phi) is 4.12. The van der Waals surface area contributed by atoms with Crippen molar-refractivity contribution in [2.75, 3.05) is 19.6 Å². The van der Waals surface area contributed by atoms with Crippen LogP contribution < -0.4 is 5.32 Å². The minimum atomic E-state index is 0.693. The highest BCUT2D eigenvalue weighted by molar-refractivity contribution is 4.93. The summed E-state index contributed by atoms with van der Waals surface area (Å²) in [5.74, 6) is 2.06. The molecule has 1 N–H and O–H groups in total. The highest BCUT2D eigenvalue weighted by Gasteiger charge is 2.21. The molecular formula is C12H23N5. The maximum Gasteiger partial charge on any atom is 0.146 e. The monoisotopic (exact) mass is 237 g/mol. The molecule has 0 aromatic carbocycles. The molecular weight excluding hydrogens is 214 g/mol. The number of hydrogen-bond acceptors (Lipinski definition) is 4. The van der Waals surface area contributed by atoms with Gasteiger partial charge >= 0.3 is 0 Å². The fourth-order valence-electron chi connectivity index (χ4n) is 2.44. The molecule has 0 spiro atoms. The molecule has 1 saturated heterocycles. The number of nitrogens with zero attached hydrogens (tertiary/aromatic N) is 4. The molecule has 1 aliphatic rings. The van der Waals surface area contributed by atoms with Crippen molar-refractivity contribution in [2.24, 2.45) is 7.05 Å². The Morgan fingerprint density at radius 3 is 2.59 bits per heavy atom. The average molecular weight is 237 g/mol. The Hall–Kier alpha value is -0.940. The molecule has 1 fully saturated rings. The van der Waals surface area contributed by atoms with Gasteiger partial charge in [-0.25, -0.2) is 0 Å². The summed E-state index contributed by atoms with van der Waals surface area (Å²) in [6, 6.07) is 0.693. The Labute approximate surface area is 103 Å². The SMILES string of the molecule is CCN(Cc1nnc(C)n1C)C1CCNCC1. The van der Waals surface area contributed by atoms with Crippen LogP contribution in [0.25, 0.3) is 0 Å². The van der Waals surface area contributed by atoms with Crippen molar-refractivity contribution >= 4 is 0 Å². The standard InChI is InChI=1S/C12H23N5/c1-4-17(11-5-7-13-8-6-11)9-12-15-14-10(2)16(12)3/h11,13H,4-9H2,1-3H3. The van der Waals surface area contributed by atoms with Gasteiger partial charge in [0.2, 0.25) is 0 Å². The van der Waals surface area contributed by atoms with Crippen molar-refractivity contribution in [1.29, 1.82) is 0 Å². The molecule has 1 aliphatic heterocycles. The maximum absolute atomic E-state index is 4.25. The number of aryl methyl sites for hydroxylation is 1. The van der Waals surface area contributed by atoms with Crippen LogP contribution in [0.1, 0.15) is 31.4 Å². The Bertz CT molecular complexity index is 354. The predicted molar refractivity (Wildman–Crippen MR) is 67.7 cm³/mol. The van der Waals surface area contributed by atoms with Crippen LogP contribution in [0, 0.1) is 6.92 Å². The van der Waals surface area contributed by atoms with Crippen LogP contribution in [0.3, 0.4) is 0 Å². The van der Waals surface area contributed by atoms with Gasteiger partial charge in [-0.2, -0.15) is 0 Å². The second-order valence-electron chi connectivity index (χ2n) is 4.77. The molecule has 96 valence electrons. The molecule has 1 aromatic heterocycles. The summed E-state index contributed by atoms with van der Waals surface area (Å²) in [7, 11) is 2.04. The normalized spacial score (nSPS) is 17.9. The molecule has 5 nitrogen and oxygen atoms in total. The number of rotatable bonds is 4. The third kappa shape index (κ3) is 2.84. The molecule has 0 amide bonds. The second kappa shape index (κ2) is 5.60. The van der Waals surface area contributed by atoms with E-state index in [4.69, 9.17) is 0 Å². The van der Waals surface area contributed by atoms with Crippen LogP contribution in [0.2, 0.25) is 0 Å². The quantitative estimate of drug-likeness (QED) is 0.837. The highest BCUT2D eigenvalue weighted by Crippen LogP contribution is 2.14. The van der Waals surface area contributed by atoms with Crippen molar-refractivity contribution in [1.82, 2.24) is 25.0 Å². The molecule has 2 heterocycles. The van der Waals surface area contributed by atoms with E-state index >= 15 is 0 Å². The van der Waals surface area contributed by atoms with Gasteiger partial charge in [-0.3, -0.25) is 4.90 Å². The number of aromatic nitrogens is 3. The summed E-state index contributed by atoms with van der Waals surface area (Å²) in [6.45, 7) is 8.50. The van der Waals surface area contributed by atoms with E-state index in [0.717, 1.165) is 37.8 Å². The lowest BCUT2D eigenvalue weighted by Crippen LogP contribution is -2.43. The van der Waals surface area contributed by atoms with Crippen LogP contribution in [-0.4, -0.2) is 45.3 Å². The largest absolute Gasteiger partial charge is 0.317 e. The number of piperidine rings is 1. The zero-order chi connectivity index (χ0) is 12.3. The molecule has 0 bridgehead atoms. The summed E-state index contributed by atoms with van der Waals surface area (Å²) in [5.41, 5.74) is 0. The zero-order valence-electron chi connectivity index (χ0n) is 11.1. The molecule has 0 saturated carbocycles. The summed E-state index contributed by atoms with van der Waals surface area (Å²) >= 11 is 0. The van der Waals surface area contributed by atoms with E-state index in [-0.39, 0.29) is 0 Å². The minimum absolute atomic E-state index is 0.693. The highest BCUT2D eigenvalue weighted by atomic mass is 15.3. The Morgan fingerprint density at radius 2 is 2.06 bits per heavy atom. The van der Waals surface area contributed by atoms with E-state index < -0.39 is 0 Å². The van der Waals surface area contributed by atoms with E-state index in [1.807, 2.05) is 14.0 Å². The van der Waals surface area contributed by atoms with E-state index in [1.165, 1.54) is 12.8 Å². The van der Waals surface area contributed by atoms with Gasteiger partial charge in [0.15, 0.2) is 0 Å². The fourth-order valence-corrected chi connectivity index (χ4v) is 2.44. The van der Waals surface area contributed by atoms with Crippen LogP contribution in [0.4, 0.5) is 0 Å². The molecule has 1 aromatic rings. The van der Waals surface area contributed by atoms with Crippen LogP contribution in [0.5, 0.6) is 0 Å². The first-order valence-corrected chi connectivity index (χ1v) is 6.52. The Morgan fingerprint density at radius 1 is 1.35 bits per heavy atom. The molecule has 0 unspecified atom stereocenters. The van der Waals surface area contributed by atoms with E-state index in [2.05, 4.69) is 31.9 Å². The summed E-state index contributed by atoms with van der Waals surface area (Å²) in [6.07, 6.45) is 2.48. The van der Waals surface area contributed by atoms with Crippen molar-refractivity contribution < 1.29 is 0 Å². The third-order valence-electron chi connectivity index (χ3n) is 3.76. The van der Waals surface area contributed by atoms with Gasteiger partial charge in [0.05, 0.1) is 6.54 Å². The molecule has 17 heavy (non-hydrogen) atoms. The fraction of sp³-hybridized carbons (Fsp3) is 0.833. The summed E-state index contributed by atoms with van der Waals surface area (Å²) < 4.78 is 2.09. The topological polar surface area (TPSA) is 46.0 Å². The second-order valence-corrected chi connectivity index (χ2v) is 4.77. The van der Waals surface area contributed by atoms with Gasteiger partial charge in [-0.05, 0) is 39.4 Å². The lowest BCUT2D eigenvalue weighted by Gasteiger charge is -2.33. The van der Waals surface area contributed by atoms with Crippen molar-refractivity contribution in [3.63, 3.8) is 0 Å². The van der Waals surface area contributed by atoms with Crippen LogP contribution in [0.15, 0.2) is 0 Å². The van der Waals surface area contributed by atoms with Crippen molar-refractivity contribution in [3.05, 3.63) is 11.6 Å².